The van der Waals surface area contributed by atoms with Gasteiger partial charge in [0.05, 0.1) is 0 Å². The highest BCUT2D eigenvalue weighted by Crippen LogP contribution is 1.51. The summed E-state index contributed by atoms with van der Waals surface area (Å²) in [7, 11) is 0. The van der Waals surface area contributed by atoms with Crippen LogP contribution in [-0.2, 0) is 0 Å². The Bertz CT molecular complexity index is 250. The van der Waals surface area contributed by atoms with E-state index in [0.717, 1.165) is 0 Å². The molecule has 1 rings (SSSR count). The van der Waals surface area contributed by atoms with Gasteiger partial charge in [-0.1, -0.05) is 0 Å². The summed E-state index contributed by atoms with van der Waals surface area (Å²) in [6, 6.07) is 1.24. The molecule has 0 unspecified atom stereocenters. The monoisotopic (exact) mass is 144 g/mol. The summed E-state index contributed by atoms with van der Waals surface area (Å²) in [6.45, 7) is 0. The van der Waals surface area contributed by atoms with Crippen molar-refractivity contribution in [2.75, 3.05) is 0 Å². The van der Waals surface area contributed by atoms with Crippen molar-refractivity contribution in [3.8, 4) is 0 Å². The van der Waals surface area contributed by atoms with Crippen LogP contribution in [0.5, 0.6) is 0 Å². The molecule has 1 aromatic heterocycles. The molecule has 0 atom stereocenters. The van der Waals surface area contributed by atoms with E-state index in [-0.39, 0.29) is 5.56 Å². The maximum atomic E-state index is 10.2. The van der Waals surface area contributed by atoms with E-state index in [2.05, 4.69) is 16.7 Å². The summed E-state index contributed by atoms with van der Waals surface area (Å²) < 4.78 is 0. The van der Waals surface area contributed by atoms with Crippen LogP contribution in [0.1, 0.15) is 0 Å². The van der Waals surface area contributed by atoms with E-state index in [1.54, 1.807) is 0 Å². The molecule has 6 nitrogen and oxygen atoms in total. The van der Waals surface area contributed by atoms with E-state index in [1.807, 2.05) is 4.98 Å². The Morgan fingerprint density at radius 2 is 1.90 bits per heavy atom. The van der Waals surface area contributed by atoms with Gasteiger partial charge in [-0.2, -0.15) is 0 Å². The Hall–Kier alpha value is -1.40. The number of nitrogens with one attached hydrogen (secondary N) is 2. The van der Waals surface area contributed by atoms with Crippen molar-refractivity contribution in [2.24, 2.45) is 11.7 Å². The molecule has 6 N–H and O–H groups in total. The number of aromatic nitrogens is 2. The quantitative estimate of drug-likeness (QED) is 0.246. The standard InChI is InChI=1S/C4H4N2O2.H4N2/c7-3-1-2-5-4(8)6-3;1-2/h1-2H,(H2,5,6,7,8);1-2H2. The Morgan fingerprint density at radius 3 is 2.20 bits per heavy atom. The van der Waals surface area contributed by atoms with E-state index in [9.17, 15) is 9.59 Å². The maximum Gasteiger partial charge on any atom is 0.325 e. The zero-order valence-corrected chi connectivity index (χ0v) is 5.13. The van der Waals surface area contributed by atoms with Gasteiger partial charge >= 0.3 is 5.69 Å². The molecule has 0 amide bonds. The molecule has 0 aromatic carbocycles. The number of hydrazine groups is 1. The second-order valence-corrected chi connectivity index (χ2v) is 1.30. The Balaban J connectivity index is 0.000000371. The molecular weight excluding hydrogens is 136 g/mol. The predicted octanol–water partition coefficient (Wildman–Crippen LogP) is -2.12. The summed E-state index contributed by atoms with van der Waals surface area (Å²) >= 11 is 0. The summed E-state index contributed by atoms with van der Waals surface area (Å²) in [4.78, 5) is 24.7. The molecule has 0 saturated carbocycles. The molecule has 1 heterocycles. The first-order valence-corrected chi connectivity index (χ1v) is 2.40. The molecule has 0 spiro atoms. The minimum absolute atomic E-state index is 0.381. The fourth-order valence-electron chi connectivity index (χ4n) is 0.383. The normalized spacial score (nSPS) is 7.80. The average molecular weight is 144 g/mol. The number of nitrogens with two attached hydrogens (primary N) is 2. The molecule has 0 saturated heterocycles. The smallest absolute Gasteiger partial charge is 0.314 e. The highest BCUT2D eigenvalue weighted by atomic mass is 16.2. The van der Waals surface area contributed by atoms with Gasteiger partial charge in [-0.25, -0.2) is 4.79 Å². The third-order valence-electron chi connectivity index (χ3n) is 0.686. The molecule has 56 valence electrons. The van der Waals surface area contributed by atoms with E-state index < -0.39 is 5.69 Å². The summed E-state index contributed by atoms with van der Waals surface area (Å²) in [6.07, 6.45) is 1.29. The van der Waals surface area contributed by atoms with Crippen molar-refractivity contribution < 1.29 is 0 Å². The summed E-state index contributed by atoms with van der Waals surface area (Å²) in [5, 5.41) is 0. The van der Waals surface area contributed by atoms with Crippen LogP contribution in [0.15, 0.2) is 21.9 Å². The van der Waals surface area contributed by atoms with Crippen LogP contribution in [0.3, 0.4) is 0 Å². The van der Waals surface area contributed by atoms with Crippen LogP contribution in [0.4, 0.5) is 0 Å². The topological polar surface area (TPSA) is 118 Å². The van der Waals surface area contributed by atoms with E-state index in [4.69, 9.17) is 0 Å². The highest BCUT2D eigenvalue weighted by molar-refractivity contribution is 4.77. The summed E-state index contributed by atoms with van der Waals surface area (Å²) in [5.74, 6) is 8.00. The molecule has 0 aliphatic rings. The van der Waals surface area contributed by atoms with Gasteiger partial charge in [0.25, 0.3) is 5.56 Å². The lowest BCUT2D eigenvalue weighted by Crippen LogP contribution is -2.19. The highest BCUT2D eigenvalue weighted by Gasteiger charge is 1.77. The lowest BCUT2D eigenvalue weighted by molar-refractivity contribution is 1.04. The first kappa shape index (κ1) is 8.60. The Labute approximate surface area is 55.8 Å². The minimum atomic E-state index is -0.475. The molecule has 6 heteroatoms. The van der Waals surface area contributed by atoms with Crippen LogP contribution < -0.4 is 22.9 Å². The van der Waals surface area contributed by atoms with Crippen molar-refractivity contribution in [1.29, 1.82) is 0 Å². The Kier molecular flexibility index (Phi) is 3.85. The molecule has 0 aliphatic carbocycles. The molecule has 1 aromatic rings. The third-order valence-corrected chi connectivity index (χ3v) is 0.686. The zero-order chi connectivity index (χ0) is 7.98. The number of hydrogen-bond acceptors (Lipinski definition) is 4. The lowest BCUT2D eigenvalue weighted by Gasteiger charge is -1.75. The van der Waals surface area contributed by atoms with Gasteiger partial charge in [-0.05, 0) is 0 Å². The van der Waals surface area contributed by atoms with E-state index >= 15 is 0 Å². The Morgan fingerprint density at radius 1 is 1.30 bits per heavy atom. The van der Waals surface area contributed by atoms with Crippen molar-refractivity contribution in [2.45, 2.75) is 0 Å². The molecule has 0 fully saturated rings. The van der Waals surface area contributed by atoms with Crippen LogP contribution in [0.25, 0.3) is 0 Å². The van der Waals surface area contributed by atoms with Crippen molar-refractivity contribution in [3.05, 3.63) is 33.1 Å². The van der Waals surface area contributed by atoms with Crippen LogP contribution in [0, 0.1) is 0 Å². The molecule has 0 aliphatic heterocycles. The number of hydrogen-bond donors (Lipinski definition) is 4. The summed E-state index contributed by atoms with van der Waals surface area (Å²) in [5.41, 5.74) is -0.855. The van der Waals surface area contributed by atoms with E-state index in [1.165, 1.54) is 12.3 Å². The number of rotatable bonds is 0. The van der Waals surface area contributed by atoms with Gasteiger partial charge in [-0.15, -0.1) is 0 Å². The average Bonchev–Trinajstić information content (AvgIpc) is 1.91. The second-order valence-electron chi connectivity index (χ2n) is 1.30. The van der Waals surface area contributed by atoms with Crippen molar-refractivity contribution in [3.63, 3.8) is 0 Å². The van der Waals surface area contributed by atoms with Gasteiger partial charge < -0.3 is 4.98 Å². The number of H-pyrrole nitrogens is 2. The largest absolute Gasteiger partial charge is 0.325 e. The zero-order valence-electron chi connectivity index (χ0n) is 5.13. The van der Waals surface area contributed by atoms with Crippen LogP contribution in [0.2, 0.25) is 0 Å². The van der Waals surface area contributed by atoms with E-state index in [0.29, 0.717) is 0 Å². The first-order valence-electron chi connectivity index (χ1n) is 2.40. The lowest BCUT2D eigenvalue weighted by atomic mass is 10.7. The third kappa shape index (κ3) is 2.80. The van der Waals surface area contributed by atoms with Gasteiger partial charge in [0.1, 0.15) is 0 Å². The first-order chi connectivity index (χ1) is 4.79. The fourth-order valence-corrected chi connectivity index (χ4v) is 0.383. The molecule has 0 radical (unpaired) electrons. The van der Waals surface area contributed by atoms with Crippen molar-refractivity contribution >= 4 is 0 Å². The second kappa shape index (κ2) is 4.48. The number of aromatic amines is 2. The maximum absolute atomic E-state index is 10.2. The van der Waals surface area contributed by atoms with Gasteiger partial charge in [0.15, 0.2) is 0 Å². The van der Waals surface area contributed by atoms with Gasteiger partial charge in [0.2, 0.25) is 0 Å². The SMILES string of the molecule is NN.O=c1cc[nH]c(=O)[nH]1. The fraction of sp³-hybridized carbons (Fsp3) is 0. The van der Waals surface area contributed by atoms with Gasteiger partial charge in [0, 0.05) is 12.3 Å². The van der Waals surface area contributed by atoms with Crippen molar-refractivity contribution in [1.82, 2.24) is 9.97 Å². The predicted molar refractivity (Wildman–Crippen MR) is 36.1 cm³/mol. The van der Waals surface area contributed by atoms with Crippen LogP contribution in [-0.4, -0.2) is 9.97 Å². The molecular formula is C4H8N4O2. The van der Waals surface area contributed by atoms with Crippen LogP contribution >= 0.6 is 0 Å². The minimum Gasteiger partial charge on any atom is -0.314 e. The van der Waals surface area contributed by atoms with Gasteiger partial charge in [-0.3, -0.25) is 21.5 Å². The molecule has 0 bridgehead atoms. The molecule has 10 heavy (non-hydrogen) atoms.